The minimum Gasteiger partial charge on any atom is -0.367 e. The van der Waals surface area contributed by atoms with E-state index < -0.39 is 29.0 Å². The van der Waals surface area contributed by atoms with Crippen molar-refractivity contribution in [1.29, 1.82) is 0 Å². The predicted molar refractivity (Wildman–Crippen MR) is 139 cm³/mol. The molecule has 1 aliphatic heterocycles. The Morgan fingerprint density at radius 3 is 2.03 bits per heavy atom. The minimum absolute atomic E-state index is 0.0967. The lowest BCUT2D eigenvalue weighted by atomic mass is 10.0. The third-order valence-electron chi connectivity index (χ3n) is 6.33. The van der Waals surface area contributed by atoms with Gasteiger partial charge in [0.05, 0.1) is 32.4 Å². The third-order valence-corrected chi connectivity index (χ3v) is 6.94. The molecule has 1 saturated heterocycles. The Balaban J connectivity index is 1.48. The zero-order chi connectivity index (χ0) is 27.8. The van der Waals surface area contributed by atoms with Crippen LogP contribution in [0.2, 0.25) is 10.0 Å². The third kappa shape index (κ3) is 5.59. The van der Waals surface area contributed by atoms with Crippen LogP contribution in [0, 0.1) is 5.82 Å². The van der Waals surface area contributed by atoms with Crippen LogP contribution in [0.1, 0.15) is 26.3 Å². The molecular formula is C27H23Cl2F4N3O2. The molecule has 0 bridgehead atoms. The Kier molecular flexibility index (Phi) is 7.90. The second-order valence-electron chi connectivity index (χ2n) is 9.00. The molecule has 38 heavy (non-hydrogen) atoms. The maximum atomic E-state index is 14.3. The Labute approximate surface area is 227 Å². The molecule has 0 aliphatic carbocycles. The van der Waals surface area contributed by atoms with Gasteiger partial charge in [0.2, 0.25) is 0 Å². The van der Waals surface area contributed by atoms with Crippen molar-refractivity contribution in [1.82, 2.24) is 9.80 Å². The first-order valence-electron chi connectivity index (χ1n) is 11.6. The van der Waals surface area contributed by atoms with Gasteiger partial charge in [-0.15, -0.1) is 0 Å². The summed E-state index contributed by atoms with van der Waals surface area (Å²) in [6, 6.07) is 13.0. The average molecular weight is 568 g/mol. The fourth-order valence-corrected chi connectivity index (χ4v) is 4.90. The summed E-state index contributed by atoms with van der Waals surface area (Å²) in [6.45, 7) is 0.792. The molecule has 0 atom stereocenters. The fourth-order valence-electron chi connectivity index (χ4n) is 4.34. The summed E-state index contributed by atoms with van der Waals surface area (Å²) in [5.41, 5.74) is 0.357. The zero-order valence-corrected chi connectivity index (χ0v) is 22.0. The van der Waals surface area contributed by atoms with E-state index in [2.05, 4.69) is 0 Å². The first-order chi connectivity index (χ1) is 17.9. The first-order valence-corrected chi connectivity index (χ1v) is 12.3. The van der Waals surface area contributed by atoms with Crippen molar-refractivity contribution >= 4 is 40.7 Å². The molecule has 0 aromatic heterocycles. The summed E-state index contributed by atoms with van der Waals surface area (Å²) in [7, 11) is 3.28. The first kappa shape index (κ1) is 27.7. The molecule has 0 N–H and O–H groups in total. The summed E-state index contributed by atoms with van der Waals surface area (Å²) in [6.07, 6.45) is -4.85. The standard InChI is InChI=1S/C27H23Cl2F4N3O2/c1-34(2)25(37)18-8-6-16(14-20(18)28)17-7-9-23(21(29)15-17)35-10-12-36(13-11-35)26(38)24-19(27(31,32)33)4-3-5-22(24)30/h3-9,14-15H,10-13H2,1-2H3. The van der Waals surface area contributed by atoms with E-state index in [9.17, 15) is 27.2 Å². The van der Waals surface area contributed by atoms with Gasteiger partial charge in [0.15, 0.2) is 0 Å². The summed E-state index contributed by atoms with van der Waals surface area (Å²) in [5, 5.41) is 0.742. The molecule has 0 radical (unpaired) electrons. The molecule has 1 aliphatic rings. The van der Waals surface area contributed by atoms with Crippen LogP contribution >= 0.6 is 23.2 Å². The van der Waals surface area contributed by atoms with Crippen LogP contribution < -0.4 is 4.90 Å². The summed E-state index contributed by atoms with van der Waals surface area (Å²) >= 11 is 12.9. The number of halogens is 6. The molecule has 3 aromatic rings. The number of carbonyl (C=O) groups is 2. The molecule has 5 nitrogen and oxygen atoms in total. The highest BCUT2D eigenvalue weighted by molar-refractivity contribution is 6.34. The topological polar surface area (TPSA) is 43.9 Å². The van der Waals surface area contributed by atoms with Gasteiger partial charge in [-0.1, -0.05) is 41.4 Å². The van der Waals surface area contributed by atoms with Gasteiger partial charge >= 0.3 is 6.18 Å². The number of amides is 2. The molecule has 4 rings (SSSR count). The molecule has 0 saturated carbocycles. The Morgan fingerprint density at radius 2 is 1.47 bits per heavy atom. The highest BCUT2D eigenvalue weighted by Gasteiger charge is 2.38. The lowest BCUT2D eigenvalue weighted by molar-refractivity contribution is -0.138. The lowest BCUT2D eigenvalue weighted by Gasteiger charge is -2.37. The number of anilines is 1. The van der Waals surface area contributed by atoms with Gasteiger partial charge in [-0.25, -0.2) is 4.39 Å². The normalized spacial score (nSPS) is 14.0. The van der Waals surface area contributed by atoms with Crippen molar-refractivity contribution in [3.63, 3.8) is 0 Å². The quantitative estimate of drug-likeness (QED) is 0.339. The van der Waals surface area contributed by atoms with Crippen molar-refractivity contribution in [2.75, 3.05) is 45.2 Å². The molecule has 2 amide bonds. The van der Waals surface area contributed by atoms with Crippen molar-refractivity contribution in [2.24, 2.45) is 0 Å². The summed E-state index contributed by atoms with van der Waals surface area (Å²) in [4.78, 5) is 29.6. The monoisotopic (exact) mass is 567 g/mol. The van der Waals surface area contributed by atoms with Crippen LogP contribution in [-0.2, 0) is 6.18 Å². The maximum Gasteiger partial charge on any atom is 0.417 e. The van der Waals surface area contributed by atoms with E-state index in [-0.39, 0.29) is 19.0 Å². The van der Waals surface area contributed by atoms with Gasteiger partial charge in [-0.2, -0.15) is 13.2 Å². The van der Waals surface area contributed by atoms with Crippen LogP contribution in [0.3, 0.4) is 0 Å². The van der Waals surface area contributed by atoms with Crippen LogP contribution in [-0.4, -0.2) is 61.9 Å². The fraction of sp³-hybridized carbons (Fsp3) is 0.259. The largest absolute Gasteiger partial charge is 0.417 e. The smallest absolute Gasteiger partial charge is 0.367 e. The van der Waals surface area contributed by atoms with Crippen molar-refractivity contribution in [3.05, 3.63) is 87.2 Å². The van der Waals surface area contributed by atoms with Crippen LogP contribution in [0.15, 0.2) is 54.6 Å². The number of rotatable bonds is 4. The average Bonchev–Trinajstić information content (AvgIpc) is 2.87. The second-order valence-corrected chi connectivity index (χ2v) is 9.81. The van der Waals surface area contributed by atoms with E-state index in [0.29, 0.717) is 40.5 Å². The molecule has 1 heterocycles. The number of hydrogen-bond donors (Lipinski definition) is 0. The van der Waals surface area contributed by atoms with E-state index >= 15 is 0 Å². The van der Waals surface area contributed by atoms with Crippen molar-refractivity contribution < 1.29 is 27.2 Å². The maximum absolute atomic E-state index is 14.3. The molecule has 200 valence electrons. The van der Waals surface area contributed by atoms with Crippen LogP contribution in [0.4, 0.5) is 23.2 Å². The number of carbonyl (C=O) groups excluding carboxylic acids is 2. The van der Waals surface area contributed by atoms with Gasteiger partial charge in [-0.05, 0) is 47.5 Å². The highest BCUT2D eigenvalue weighted by Crippen LogP contribution is 2.35. The van der Waals surface area contributed by atoms with E-state index in [4.69, 9.17) is 23.2 Å². The van der Waals surface area contributed by atoms with Gasteiger partial charge in [0, 0.05) is 40.3 Å². The molecular weight excluding hydrogens is 545 g/mol. The highest BCUT2D eigenvalue weighted by atomic mass is 35.5. The van der Waals surface area contributed by atoms with Gasteiger partial charge < -0.3 is 14.7 Å². The summed E-state index contributed by atoms with van der Waals surface area (Å²) < 4.78 is 54.4. The number of nitrogens with zero attached hydrogens (tertiary/aromatic N) is 3. The van der Waals surface area contributed by atoms with Crippen molar-refractivity contribution in [2.45, 2.75) is 6.18 Å². The minimum atomic E-state index is -4.85. The number of hydrogen-bond acceptors (Lipinski definition) is 3. The van der Waals surface area contributed by atoms with E-state index in [1.807, 2.05) is 11.0 Å². The Hall–Kier alpha value is -3.30. The Bertz CT molecular complexity index is 1390. The van der Waals surface area contributed by atoms with E-state index in [0.717, 1.165) is 23.3 Å². The molecule has 11 heteroatoms. The lowest BCUT2D eigenvalue weighted by Crippen LogP contribution is -2.49. The predicted octanol–water partition coefficient (Wildman–Crippen LogP) is 6.48. The number of piperazine rings is 1. The van der Waals surface area contributed by atoms with Crippen LogP contribution in [0.5, 0.6) is 0 Å². The second kappa shape index (κ2) is 10.8. The number of alkyl halides is 3. The van der Waals surface area contributed by atoms with E-state index in [1.165, 1.54) is 9.80 Å². The van der Waals surface area contributed by atoms with Gasteiger partial charge in [0.25, 0.3) is 11.8 Å². The molecule has 0 unspecified atom stereocenters. The Morgan fingerprint density at radius 1 is 0.868 bits per heavy atom. The summed E-state index contributed by atoms with van der Waals surface area (Å²) in [5.74, 6) is -2.41. The zero-order valence-electron chi connectivity index (χ0n) is 20.5. The van der Waals surface area contributed by atoms with E-state index in [1.54, 1.807) is 44.4 Å². The molecule has 1 fully saturated rings. The van der Waals surface area contributed by atoms with Crippen molar-refractivity contribution in [3.8, 4) is 11.1 Å². The van der Waals surface area contributed by atoms with Gasteiger partial charge in [-0.3, -0.25) is 9.59 Å². The molecule has 0 spiro atoms. The van der Waals surface area contributed by atoms with Gasteiger partial charge in [0.1, 0.15) is 5.82 Å². The SMILES string of the molecule is CN(C)C(=O)c1ccc(-c2ccc(N3CCN(C(=O)c4c(F)cccc4C(F)(F)F)CC3)c(Cl)c2)cc1Cl. The number of benzene rings is 3. The molecule has 3 aromatic carbocycles. The van der Waals surface area contributed by atoms with Crippen LogP contribution in [0.25, 0.3) is 11.1 Å².